The number of piperidine rings is 1. The first-order chi connectivity index (χ1) is 15.3. The van der Waals surface area contributed by atoms with E-state index in [-0.39, 0.29) is 17.9 Å². The van der Waals surface area contributed by atoms with Crippen LogP contribution in [-0.2, 0) is 16.0 Å². The maximum absolute atomic E-state index is 12.8. The Balaban J connectivity index is 1.39. The Morgan fingerprint density at radius 1 is 1.00 bits per heavy atom. The first kappa shape index (κ1) is 23.8. The van der Waals surface area contributed by atoms with Gasteiger partial charge in [-0.05, 0) is 62.3 Å². The van der Waals surface area contributed by atoms with Crippen molar-refractivity contribution in [1.82, 2.24) is 10.2 Å². The zero-order valence-electron chi connectivity index (χ0n) is 19.8. The Hall–Kier alpha value is -2.82. The second kappa shape index (κ2) is 11.2. The number of hydrogen-bond acceptors (Lipinski definition) is 3. The molecular formula is C27H36N2O3. The fourth-order valence-corrected chi connectivity index (χ4v) is 4.00. The van der Waals surface area contributed by atoms with Gasteiger partial charge in [0.1, 0.15) is 5.75 Å². The van der Waals surface area contributed by atoms with E-state index in [9.17, 15) is 9.59 Å². The average Bonchev–Trinajstić information content (AvgIpc) is 2.79. The summed E-state index contributed by atoms with van der Waals surface area (Å²) in [7, 11) is 0. The quantitative estimate of drug-likeness (QED) is 0.657. The van der Waals surface area contributed by atoms with Gasteiger partial charge < -0.3 is 15.0 Å². The van der Waals surface area contributed by atoms with Crippen LogP contribution in [0.5, 0.6) is 5.75 Å². The molecule has 1 saturated heterocycles. The number of hydrogen-bond donors (Lipinski definition) is 1. The fourth-order valence-electron chi connectivity index (χ4n) is 4.00. The Kier molecular flexibility index (Phi) is 8.32. The van der Waals surface area contributed by atoms with Crippen molar-refractivity contribution in [3.63, 3.8) is 0 Å². The molecule has 0 saturated carbocycles. The molecule has 0 spiro atoms. The summed E-state index contributed by atoms with van der Waals surface area (Å²) in [5, 5.41) is 3.14. The summed E-state index contributed by atoms with van der Waals surface area (Å²) in [6.07, 6.45) is 2.26. The van der Waals surface area contributed by atoms with Gasteiger partial charge in [0, 0.05) is 25.6 Å². The molecule has 2 aromatic rings. The molecule has 5 heteroatoms. The van der Waals surface area contributed by atoms with Crippen LogP contribution in [0.2, 0.25) is 0 Å². The van der Waals surface area contributed by atoms with Gasteiger partial charge in [-0.25, -0.2) is 0 Å². The lowest BCUT2D eigenvalue weighted by Crippen LogP contribution is -2.49. The molecule has 1 unspecified atom stereocenters. The summed E-state index contributed by atoms with van der Waals surface area (Å²) < 4.78 is 5.88. The largest absolute Gasteiger partial charge is 0.481 e. The highest BCUT2D eigenvalue weighted by atomic mass is 16.5. The van der Waals surface area contributed by atoms with Crippen molar-refractivity contribution >= 4 is 11.8 Å². The lowest BCUT2D eigenvalue weighted by molar-refractivity contribution is -0.139. The van der Waals surface area contributed by atoms with Crippen LogP contribution in [0.3, 0.4) is 0 Å². The number of aryl methyl sites for hydroxylation is 2. The number of nitrogens with zero attached hydrogens (tertiary/aromatic N) is 1. The minimum Gasteiger partial charge on any atom is -0.481 e. The van der Waals surface area contributed by atoms with Crippen molar-refractivity contribution in [2.75, 3.05) is 13.1 Å². The zero-order chi connectivity index (χ0) is 23.1. The smallest absolute Gasteiger partial charge is 0.263 e. The molecule has 172 valence electrons. The van der Waals surface area contributed by atoms with Crippen molar-refractivity contribution in [3.8, 4) is 5.75 Å². The van der Waals surface area contributed by atoms with E-state index >= 15 is 0 Å². The Morgan fingerprint density at radius 3 is 2.22 bits per heavy atom. The molecule has 5 nitrogen and oxygen atoms in total. The third-order valence-electron chi connectivity index (χ3n) is 6.14. The highest BCUT2D eigenvalue weighted by molar-refractivity contribution is 5.81. The molecule has 32 heavy (non-hydrogen) atoms. The van der Waals surface area contributed by atoms with E-state index in [1.807, 2.05) is 29.2 Å². The van der Waals surface area contributed by atoms with Crippen LogP contribution in [-0.4, -0.2) is 41.9 Å². The summed E-state index contributed by atoms with van der Waals surface area (Å²) in [6, 6.07) is 16.4. The highest BCUT2D eigenvalue weighted by Gasteiger charge is 2.27. The SMILES string of the molecule is Cc1ccc(CCC(=O)NC2CCN(C(=O)C(C)Oc3ccc(C(C)C)cc3)CC2)cc1. The monoisotopic (exact) mass is 436 g/mol. The van der Waals surface area contributed by atoms with Crippen molar-refractivity contribution < 1.29 is 14.3 Å². The van der Waals surface area contributed by atoms with E-state index in [1.54, 1.807) is 6.92 Å². The summed E-state index contributed by atoms with van der Waals surface area (Å²) in [6.45, 7) is 9.45. The molecule has 1 N–H and O–H groups in total. The Bertz CT molecular complexity index is 882. The minimum atomic E-state index is -0.527. The molecule has 2 amide bonds. The molecule has 0 bridgehead atoms. The number of rotatable bonds is 8. The van der Waals surface area contributed by atoms with Gasteiger partial charge in [-0.15, -0.1) is 0 Å². The van der Waals surface area contributed by atoms with E-state index in [0.717, 1.165) is 19.3 Å². The van der Waals surface area contributed by atoms with Crippen molar-refractivity contribution in [3.05, 3.63) is 65.2 Å². The lowest BCUT2D eigenvalue weighted by Gasteiger charge is -2.34. The third-order valence-corrected chi connectivity index (χ3v) is 6.14. The van der Waals surface area contributed by atoms with Gasteiger partial charge in [-0.2, -0.15) is 0 Å². The zero-order valence-corrected chi connectivity index (χ0v) is 19.8. The van der Waals surface area contributed by atoms with Crippen LogP contribution < -0.4 is 10.1 Å². The summed E-state index contributed by atoms with van der Waals surface area (Å²) in [5.41, 5.74) is 3.65. The number of nitrogens with one attached hydrogen (secondary N) is 1. The normalized spacial score (nSPS) is 15.5. The van der Waals surface area contributed by atoms with Gasteiger partial charge in [0.2, 0.25) is 5.91 Å². The van der Waals surface area contributed by atoms with E-state index in [0.29, 0.717) is 31.2 Å². The second-order valence-corrected chi connectivity index (χ2v) is 9.14. The molecule has 3 rings (SSSR count). The van der Waals surface area contributed by atoms with Gasteiger partial charge in [-0.1, -0.05) is 55.8 Å². The standard InChI is InChI=1S/C27H36N2O3/c1-19(2)23-10-12-25(13-11-23)32-21(4)27(31)29-17-15-24(16-18-29)28-26(30)14-9-22-7-5-20(3)6-8-22/h5-8,10-13,19,21,24H,9,14-18H2,1-4H3,(H,28,30). The van der Waals surface area contributed by atoms with Gasteiger partial charge in [0.05, 0.1) is 0 Å². The fraction of sp³-hybridized carbons (Fsp3) is 0.481. The van der Waals surface area contributed by atoms with Crippen LogP contribution >= 0.6 is 0 Å². The number of likely N-dealkylation sites (tertiary alicyclic amines) is 1. The number of benzene rings is 2. The van der Waals surface area contributed by atoms with E-state index in [4.69, 9.17) is 4.74 Å². The van der Waals surface area contributed by atoms with E-state index < -0.39 is 6.10 Å². The lowest BCUT2D eigenvalue weighted by atomic mass is 10.0. The molecule has 0 aliphatic carbocycles. The maximum Gasteiger partial charge on any atom is 0.263 e. The highest BCUT2D eigenvalue weighted by Crippen LogP contribution is 2.20. The molecule has 0 aromatic heterocycles. The van der Waals surface area contributed by atoms with Crippen LogP contribution in [0, 0.1) is 6.92 Å². The predicted molar refractivity (Wildman–Crippen MR) is 128 cm³/mol. The van der Waals surface area contributed by atoms with Gasteiger partial charge in [0.25, 0.3) is 5.91 Å². The molecule has 2 aromatic carbocycles. The minimum absolute atomic E-state index is 0.00193. The second-order valence-electron chi connectivity index (χ2n) is 9.14. The average molecular weight is 437 g/mol. The third kappa shape index (κ3) is 6.84. The summed E-state index contributed by atoms with van der Waals surface area (Å²) in [4.78, 5) is 27.0. The van der Waals surface area contributed by atoms with Gasteiger partial charge in [0.15, 0.2) is 6.10 Å². The van der Waals surface area contributed by atoms with Crippen LogP contribution in [0.1, 0.15) is 62.6 Å². The van der Waals surface area contributed by atoms with Gasteiger partial charge >= 0.3 is 0 Å². The first-order valence-electron chi connectivity index (χ1n) is 11.7. The molecule has 0 radical (unpaired) electrons. The molecule has 1 fully saturated rings. The topological polar surface area (TPSA) is 58.6 Å². The Morgan fingerprint density at radius 2 is 1.62 bits per heavy atom. The predicted octanol–water partition coefficient (Wildman–Crippen LogP) is 4.63. The van der Waals surface area contributed by atoms with E-state index in [2.05, 4.69) is 50.4 Å². The van der Waals surface area contributed by atoms with Crippen molar-refractivity contribution in [2.24, 2.45) is 0 Å². The van der Waals surface area contributed by atoms with Crippen LogP contribution in [0.15, 0.2) is 48.5 Å². The molecule has 1 atom stereocenters. The van der Waals surface area contributed by atoms with Crippen LogP contribution in [0.25, 0.3) is 0 Å². The molecule has 1 aliphatic rings. The van der Waals surface area contributed by atoms with Crippen molar-refractivity contribution in [1.29, 1.82) is 0 Å². The molecular weight excluding hydrogens is 400 g/mol. The number of carbonyl (C=O) groups is 2. The summed E-state index contributed by atoms with van der Waals surface area (Å²) >= 11 is 0. The molecule has 1 aliphatic heterocycles. The number of amides is 2. The molecule has 1 heterocycles. The van der Waals surface area contributed by atoms with Gasteiger partial charge in [-0.3, -0.25) is 9.59 Å². The van der Waals surface area contributed by atoms with E-state index in [1.165, 1.54) is 16.7 Å². The Labute approximate surface area is 192 Å². The first-order valence-corrected chi connectivity index (χ1v) is 11.7. The van der Waals surface area contributed by atoms with Crippen LogP contribution in [0.4, 0.5) is 0 Å². The summed E-state index contributed by atoms with van der Waals surface area (Å²) in [5.74, 6) is 1.26. The number of ether oxygens (including phenoxy) is 1. The van der Waals surface area contributed by atoms with Crippen molar-refractivity contribution in [2.45, 2.75) is 71.4 Å². The maximum atomic E-state index is 12.8. The number of carbonyl (C=O) groups excluding carboxylic acids is 2.